The highest BCUT2D eigenvalue weighted by atomic mass is 32.1. The van der Waals surface area contributed by atoms with Crippen molar-refractivity contribution in [3.05, 3.63) is 28.2 Å². The van der Waals surface area contributed by atoms with Gasteiger partial charge in [-0.2, -0.15) is 0 Å². The zero-order chi connectivity index (χ0) is 13.0. The Bertz CT molecular complexity index is 442. The predicted molar refractivity (Wildman–Crippen MR) is 72.1 cm³/mol. The van der Waals surface area contributed by atoms with E-state index in [4.69, 9.17) is 5.11 Å². The normalized spacial score (nSPS) is 21.5. The maximum atomic E-state index is 10.4. The van der Waals surface area contributed by atoms with Crippen LogP contribution in [0.1, 0.15) is 29.5 Å². The number of hydrogen-bond donors (Lipinski definition) is 1. The third-order valence-corrected chi connectivity index (χ3v) is 4.05. The summed E-state index contributed by atoms with van der Waals surface area (Å²) < 4.78 is 0. The van der Waals surface area contributed by atoms with Gasteiger partial charge in [-0.05, 0) is 26.4 Å². The molecule has 1 atom stereocenters. The lowest BCUT2D eigenvalue weighted by atomic mass is 9.96. The standard InChI is InChI=1S/C13H18N2O2S/c1-15-7-3-4-10(8-15)11-9-18-12(14-11)5-2-6-13(16)17/h2,6,9-10H,3-5,7-8H2,1H3,(H,16,17)/b6-2+. The predicted octanol–water partition coefficient (Wildman–Crippen LogP) is 2.14. The minimum absolute atomic E-state index is 0.539. The van der Waals surface area contributed by atoms with Crippen LogP contribution in [0, 0.1) is 0 Å². The third kappa shape index (κ3) is 3.65. The summed E-state index contributed by atoms with van der Waals surface area (Å²) in [5.74, 6) is -0.363. The number of thiazole rings is 1. The average molecular weight is 266 g/mol. The van der Waals surface area contributed by atoms with Crippen LogP contribution >= 0.6 is 11.3 Å². The van der Waals surface area contributed by atoms with Crippen LogP contribution in [0.15, 0.2) is 17.5 Å². The molecule has 1 unspecified atom stereocenters. The summed E-state index contributed by atoms with van der Waals surface area (Å²) in [5, 5.41) is 11.6. The molecular weight excluding hydrogens is 248 g/mol. The van der Waals surface area contributed by atoms with Crippen molar-refractivity contribution in [1.29, 1.82) is 0 Å². The van der Waals surface area contributed by atoms with Gasteiger partial charge in [0.2, 0.25) is 0 Å². The van der Waals surface area contributed by atoms with Crippen LogP contribution in [0.3, 0.4) is 0 Å². The van der Waals surface area contributed by atoms with Crippen molar-refractivity contribution < 1.29 is 9.90 Å². The molecule has 1 aromatic heterocycles. The Balaban J connectivity index is 1.95. The number of allylic oxidation sites excluding steroid dienone is 1. The topological polar surface area (TPSA) is 53.4 Å². The molecule has 0 aromatic carbocycles. The van der Waals surface area contributed by atoms with Gasteiger partial charge in [0.15, 0.2) is 0 Å². The van der Waals surface area contributed by atoms with Gasteiger partial charge in [0.05, 0.1) is 10.7 Å². The van der Waals surface area contributed by atoms with E-state index in [0.717, 1.165) is 11.6 Å². The number of likely N-dealkylation sites (N-methyl/N-ethyl adjacent to an activating group) is 1. The first-order chi connectivity index (χ1) is 8.65. The van der Waals surface area contributed by atoms with Crippen molar-refractivity contribution in [2.45, 2.75) is 25.2 Å². The molecule has 0 radical (unpaired) electrons. The summed E-state index contributed by atoms with van der Waals surface area (Å²) >= 11 is 1.62. The van der Waals surface area contributed by atoms with E-state index in [0.29, 0.717) is 12.3 Å². The van der Waals surface area contributed by atoms with Crippen LogP contribution in [0.25, 0.3) is 0 Å². The number of likely N-dealkylation sites (tertiary alicyclic amines) is 1. The molecule has 4 nitrogen and oxygen atoms in total. The summed E-state index contributed by atoms with van der Waals surface area (Å²) in [5.41, 5.74) is 1.17. The minimum Gasteiger partial charge on any atom is -0.478 e. The lowest BCUT2D eigenvalue weighted by molar-refractivity contribution is -0.131. The van der Waals surface area contributed by atoms with Crippen LogP contribution in [0.2, 0.25) is 0 Å². The van der Waals surface area contributed by atoms with E-state index >= 15 is 0 Å². The Morgan fingerprint density at radius 3 is 3.28 bits per heavy atom. The van der Waals surface area contributed by atoms with Crippen molar-refractivity contribution in [2.24, 2.45) is 0 Å². The van der Waals surface area contributed by atoms with Crippen molar-refractivity contribution >= 4 is 17.3 Å². The highest BCUT2D eigenvalue weighted by molar-refractivity contribution is 7.09. The van der Waals surface area contributed by atoms with Crippen LogP contribution in [-0.4, -0.2) is 41.1 Å². The highest BCUT2D eigenvalue weighted by Crippen LogP contribution is 2.27. The molecule has 5 heteroatoms. The minimum atomic E-state index is -0.902. The fraction of sp³-hybridized carbons (Fsp3) is 0.538. The molecule has 2 heterocycles. The second-order valence-electron chi connectivity index (χ2n) is 4.71. The Hall–Kier alpha value is -1.20. The van der Waals surface area contributed by atoms with Gasteiger partial charge in [-0.1, -0.05) is 6.08 Å². The molecule has 1 aliphatic rings. The molecule has 1 N–H and O–H groups in total. The van der Waals surface area contributed by atoms with Gasteiger partial charge in [-0.15, -0.1) is 11.3 Å². The molecule has 1 saturated heterocycles. The highest BCUT2D eigenvalue weighted by Gasteiger charge is 2.20. The van der Waals surface area contributed by atoms with Gasteiger partial charge in [0.1, 0.15) is 0 Å². The zero-order valence-electron chi connectivity index (χ0n) is 10.5. The van der Waals surface area contributed by atoms with Gasteiger partial charge in [0, 0.05) is 30.3 Å². The van der Waals surface area contributed by atoms with E-state index < -0.39 is 5.97 Å². The Labute approximate surface area is 111 Å². The number of piperidine rings is 1. The van der Waals surface area contributed by atoms with Crippen molar-refractivity contribution in [3.63, 3.8) is 0 Å². The number of carbonyl (C=O) groups is 1. The molecule has 1 fully saturated rings. The van der Waals surface area contributed by atoms with Crippen LogP contribution in [0.5, 0.6) is 0 Å². The van der Waals surface area contributed by atoms with Gasteiger partial charge in [-0.25, -0.2) is 9.78 Å². The fourth-order valence-corrected chi connectivity index (χ4v) is 3.13. The van der Waals surface area contributed by atoms with Gasteiger partial charge in [-0.3, -0.25) is 0 Å². The summed E-state index contributed by atoms with van der Waals surface area (Å²) in [6.45, 7) is 2.25. The molecule has 1 aliphatic heterocycles. The van der Waals surface area contributed by atoms with E-state index in [1.54, 1.807) is 17.4 Å². The number of carboxylic acids is 1. The molecule has 0 saturated carbocycles. The maximum Gasteiger partial charge on any atom is 0.327 e. The second kappa shape index (κ2) is 6.11. The number of hydrogen-bond acceptors (Lipinski definition) is 4. The molecule has 2 rings (SSSR count). The number of aliphatic carboxylic acids is 1. The molecule has 1 aromatic rings. The Morgan fingerprint density at radius 2 is 2.56 bits per heavy atom. The first-order valence-corrected chi connectivity index (χ1v) is 7.05. The summed E-state index contributed by atoms with van der Waals surface area (Å²) in [6.07, 6.45) is 5.87. The molecule has 0 bridgehead atoms. The van der Waals surface area contributed by atoms with E-state index in [2.05, 4.69) is 22.3 Å². The Morgan fingerprint density at radius 1 is 1.72 bits per heavy atom. The van der Waals surface area contributed by atoms with Crippen LogP contribution in [-0.2, 0) is 11.2 Å². The quantitative estimate of drug-likeness (QED) is 0.848. The van der Waals surface area contributed by atoms with E-state index in [-0.39, 0.29) is 0 Å². The smallest absolute Gasteiger partial charge is 0.327 e. The van der Waals surface area contributed by atoms with E-state index in [1.807, 2.05) is 0 Å². The van der Waals surface area contributed by atoms with Gasteiger partial charge in [0.25, 0.3) is 0 Å². The SMILES string of the molecule is CN1CCCC(c2csc(C/C=C/C(=O)O)n2)C1. The number of rotatable bonds is 4. The summed E-state index contributed by atoms with van der Waals surface area (Å²) in [6, 6.07) is 0. The Kier molecular flexibility index (Phi) is 4.49. The molecule has 0 spiro atoms. The third-order valence-electron chi connectivity index (χ3n) is 3.17. The zero-order valence-corrected chi connectivity index (χ0v) is 11.3. The number of carboxylic acid groups (broad SMARTS) is 1. The van der Waals surface area contributed by atoms with Crippen LogP contribution < -0.4 is 0 Å². The lowest BCUT2D eigenvalue weighted by Gasteiger charge is -2.28. The molecule has 18 heavy (non-hydrogen) atoms. The number of aromatic nitrogens is 1. The number of nitrogens with zero attached hydrogens (tertiary/aromatic N) is 2. The second-order valence-corrected chi connectivity index (χ2v) is 5.65. The van der Waals surface area contributed by atoms with Crippen LogP contribution in [0.4, 0.5) is 0 Å². The van der Waals surface area contributed by atoms with E-state index in [1.165, 1.54) is 31.2 Å². The maximum absolute atomic E-state index is 10.4. The summed E-state index contributed by atoms with van der Waals surface area (Å²) in [7, 11) is 2.15. The largest absolute Gasteiger partial charge is 0.478 e. The van der Waals surface area contributed by atoms with Crippen molar-refractivity contribution in [2.75, 3.05) is 20.1 Å². The molecular formula is C13H18N2O2S. The average Bonchev–Trinajstić information content (AvgIpc) is 2.77. The van der Waals surface area contributed by atoms with Gasteiger partial charge >= 0.3 is 5.97 Å². The van der Waals surface area contributed by atoms with Crippen molar-refractivity contribution in [1.82, 2.24) is 9.88 Å². The summed E-state index contributed by atoms with van der Waals surface area (Å²) in [4.78, 5) is 17.3. The molecule has 0 amide bonds. The lowest BCUT2D eigenvalue weighted by Crippen LogP contribution is -2.30. The molecule has 0 aliphatic carbocycles. The monoisotopic (exact) mass is 266 g/mol. The van der Waals surface area contributed by atoms with Crippen molar-refractivity contribution in [3.8, 4) is 0 Å². The van der Waals surface area contributed by atoms with Gasteiger partial charge < -0.3 is 10.0 Å². The first kappa shape index (κ1) is 13.2. The van der Waals surface area contributed by atoms with E-state index in [9.17, 15) is 4.79 Å². The first-order valence-electron chi connectivity index (χ1n) is 6.17. The fourth-order valence-electron chi connectivity index (χ4n) is 2.27. The molecule has 98 valence electrons.